The Morgan fingerprint density at radius 3 is 2.73 bits per heavy atom. The second kappa shape index (κ2) is 8.15. The molecule has 2 aromatic carbocycles. The monoisotopic (exact) mass is 372 g/mol. The summed E-state index contributed by atoms with van der Waals surface area (Å²) < 4.78 is 13.9. The summed E-state index contributed by atoms with van der Waals surface area (Å²) in [4.78, 5) is 19.6. The van der Waals surface area contributed by atoms with Crippen LogP contribution < -0.4 is 0 Å². The van der Waals surface area contributed by atoms with Crippen molar-refractivity contribution >= 4 is 23.2 Å². The first-order valence-electron chi connectivity index (χ1n) is 8.22. The second-order valence-corrected chi connectivity index (χ2v) is 6.39. The first-order chi connectivity index (χ1) is 12.6. The standard InChI is InChI=1S/C20H18ClFN2O2/c1-2-11-24(20(25)17-5-3-4-6-18(17)22)13-16-12-19(23-26-16)14-7-9-15(21)10-8-14/h2-10,16H,1,11-13H2/t16-/m1/s1. The first-order valence-corrected chi connectivity index (χ1v) is 8.59. The molecule has 0 fully saturated rings. The van der Waals surface area contributed by atoms with Gasteiger partial charge in [0.2, 0.25) is 0 Å². The van der Waals surface area contributed by atoms with Gasteiger partial charge in [0.1, 0.15) is 5.82 Å². The Kier molecular flexibility index (Phi) is 5.68. The van der Waals surface area contributed by atoms with Crippen molar-refractivity contribution in [2.75, 3.05) is 13.1 Å². The van der Waals surface area contributed by atoms with Crippen molar-refractivity contribution in [1.29, 1.82) is 0 Å². The summed E-state index contributed by atoms with van der Waals surface area (Å²) in [5.74, 6) is -0.941. The van der Waals surface area contributed by atoms with Crippen LogP contribution in [0.3, 0.4) is 0 Å². The molecule has 6 heteroatoms. The molecule has 0 aliphatic carbocycles. The maximum Gasteiger partial charge on any atom is 0.257 e. The van der Waals surface area contributed by atoms with E-state index in [1.54, 1.807) is 30.3 Å². The Labute approximate surface area is 156 Å². The first kappa shape index (κ1) is 18.1. The molecular formula is C20H18ClFN2O2. The predicted molar refractivity (Wildman–Crippen MR) is 100.0 cm³/mol. The topological polar surface area (TPSA) is 41.9 Å². The summed E-state index contributed by atoms with van der Waals surface area (Å²) >= 11 is 5.90. The van der Waals surface area contributed by atoms with E-state index in [9.17, 15) is 9.18 Å². The van der Waals surface area contributed by atoms with Crippen LogP contribution in [0.4, 0.5) is 4.39 Å². The Bertz CT molecular complexity index is 836. The molecule has 0 saturated heterocycles. The zero-order valence-corrected chi connectivity index (χ0v) is 14.8. The molecule has 0 N–H and O–H groups in total. The summed E-state index contributed by atoms with van der Waals surface area (Å²) in [6.45, 7) is 4.26. The van der Waals surface area contributed by atoms with E-state index in [1.807, 2.05) is 12.1 Å². The molecular weight excluding hydrogens is 355 g/mol. The van der Waals surface area contributed by atoms with Gasteiger partial charge in [0.25, 0.3) is 5.91 Å². The van der Waals surface area contributed by atoms with Gasteiger partial charge in [-0.05, 0) is 29.8 Å². The van der Waals surface area contributed by atoms with Crippen LogP contribution in [0.25, 0.3) is 0 Å². The molecule has 0 unspecified atom stereocenters. The lowest BCUT2D eigenvalue weighted by atomic mass is 10.0. The normalized spacial score (nSPS) is 15.9. The van der Waals surface area contributed by atoms with Crippen molar-refractivity contribution in [3.63, 3.8) is 0 Å². The fourth-order valence-electron chi connectivity index (χ4n) is 2.79. The molecule has 0 bridgehead atoms. The molecule has 1 amide bonds. The number of carbonyl (C=O) groups is 1. The van der Waals surface area contributed by atoms with Crippen molar-refractivity contribution in [3.8, 4) is 0 Å². The van der Waals surface area contributed by atoms with E-state index in [-0.39, 0.29) is 11.7 Å². The summed E-state index contributed by atoms with van der Waals surface area (Å²) in [5, 5.41) is 4.77. The molecule has 0 spiro atoms. The summed E-state index contributed by atoms with van der Waals surface area (Å²) in [6, 6.07) is 13.3. The van der Waals surface area contributed by atoms with Crippen LogP contribution in [0, 0.1) is 5.82 Å². The zero-order valence-electron chi connectivity index (χ0n) is 14.1. The Morgan fingerprint density at radius 1 is 1.31 bits per heavy atom. The fourth-order valence-corrected chi connectivity index (χ4v) is 2.91. The quantitative estimate of drug-likeness (QED) is 0.709. The van der Waals surface area contributed by atoms with Crippen LogP contribution in [-0.4, -0.2) is 35.7 Å². The van der Waals surface area contributed by atoms with Crippen LogP contribution in [0.2, 0.25) is 5.02 Å². The van der Waals surface area contributed by atoms with E-state index in [1.165, 1.54) is 17.0 Å². The van der Waals surface area contributed by atoms with Gasteiger partial charge < -0.3 is 9.74 Å². The fraction of sp³-hybridized carbons (Fsp3) is 0.200. The highest BCUT2D eigenvalue weighted by Gasteiger charge is 2.27. The molecule has 1 atom stereocenters. The van der Waals surface area contributed by atoms with Crippen molar-refractivity contribution in [3.05, 3.63) is 83.2 Å². The molecule has 3 rings (SSSR count). The Hall–Kier alpha value is -2.66. The third-order valence-corrected chi connectivity index (χ3v) is 4.33. The molecule has 4 nitrogen and oxygen atoms in total. The number of halogens is 2. The lowest BCUT2D eigenvalue weighted by Crippen LogP contribution is -2.38. The number of carbonyl (C=O) groups excluding carboxylic acids is 1. The minimum atomic E-state index is -0.544. The largest absolute Gasteiger partial charge is 0.390 e. The van der Waals surface area contributed by atoms with Gasteiger partial charge in [-0.3, -0.25) is 4.79 Å². The van der Waals surface area contributed by atoms with E-state index >= 15 is 0 Å². The summed E-state index contributed by atoms with van der Waals surface area (Å²) in [7, 11) is 0. The lowest BCUT2D eigenvalue weighted by Gasteiger charge is -2.23. The molecule has 1 heterocycles. The van der Waals surface area contributed by atoms with Gasteiger partial charge in [-0.2, -0.15) is 0 Å². The highest BCUT2D eigenvalue weighted by Crippen LogP contribution is 2.20. The van der Waals surface area contributed by atoms with Crippen LogP contribution in [0.1, 0.15) is 22.3 Å². The van der Waals surface area contributed by atoms with Crippen LogP contribution in [0.5, 0.6) is 0 Å². The smallest absolute Gasteiger partial charge is 0.257 e. The molecule has 0 aromatic heterocycles. The van der Waals surface area contributed by atoms with Gasteiger partial charge in [-0.1, -0.05) is 47.1 Å². The van der Waals surface area contributed by atoms with Gasteiger partial charge in [0.15, 0.2) is 6.10 Å². The van der Waals surface area contributed by atoms with Crippen molar-refractivity contribution in [1.82, 2.24) is 4.90 Å². The molecule has 1 aliphatic rings. The zero-order chi connectivity index (χ0) is 18.5. The third-order valence-electron chi connectivity index (χ3n) is 4.08. The highest BCUT2D eigenvalue weighted by molar-refractivity contribution is 6.30. The van der Waals surface area contributed by atoms with Crippen molar-refractivity contribution in [2.24, 2.45) is 5.16 Å². The van der Waals surface area contributed by atoms with E-state index in [4.69, 9.17) is 16.4 Å². The number of nitrogens with zero attached hydrogens (tertiary/aromatic N) is 2. The average molecular weight is 373 g/mol. The molecule has 0 radical (unpaired) electrons. The number of amides is 1. The number of rotatable bonds is 6. The Morgan fingerprint density at radius 2 is 2.04 bits per heavy atom. The number of hydrogen-bond donors (Lipinski definition) is 0. The highest BCUT2D eigenvalue weighted by atomic mass is 35.5. The lowest BCUT2D eigenvalue weighted by molar-refractivity contribution is 0.0447. The summed E-state index contributed by atoms with van der Waals surface area (Å²) in [6.07, 6.45) is 1.87. The number of oxime groups is 1. The maximum absolute atomic E-state index is 13.9. The van der Waals surface area contributed by atoms with Crippen LogP contribution in [0.15, 0.2) is 66.3 Å². The van der Waals surface area contributed by atoms with E-state index < -0.39 is 11.7 Å². The van der Waals surface area contributed by atoms with Crippen molar-refractivity contribution in [2.45, 2.75) is 12.5 Å². The molecule has 1 aliphatic heterocycles. The predicted octanol–water partition coefficient (Wildman–Crippen LogP) is 4.30. The number of hydrogen-bond acceptors (Lipinski definition) is 3. The van der Waals surface area contributed by atoms with Crippen LogP contribution >= 0.6 is 11.6 Å². The van der Waals surface area contributed by atoms with E-state index in [0.717, 1.165) is 11.3 Å². The van der Waals surface area contributed by atoms with Gasteiger partial charge in [-0.25, -0.2) is 4.39 Å². The van der Waals surface area contributed by atoms with Gasteiger partial charge in [-0.15, -0.1) is 6.58 Å². The minimum absolute atomic E-state index is 0.0335. The second-order valence-electron chi connectivity index (χ2n) is 5.96. The van der Waals surface area contributed by atoms with Gasteiger partial charge >= 0.3 is 0 Å². The van der Waals surface area contributed by atoms with E-state index in [2.05, 4.69) is 11.7 Å². The molecule has 134 valence electrons. The molecule has 0 saturated carbocycles. The molecule has 2 aromatic rings. The maximum atomic E-state index is 13.9. The SMILES string of the molecule is C=CCN(C[C@H]1CC(c2ccc(Cl)cc2)=NO1)C(=O)c1ccccc1F. The molecule has 26 heavy (non-hydrogen) atoms. The van der Waals surface area contributed by atoms with Gasteiger partial charge in [0.05, 0.1) is 17.8 Å². The van der Waals surface area contributed by atoms with Gasteiger partial charge in [0, 0.05) is 18.0 Å². The number of benzene rings is 2. The van der Waals surface area contributed by atoms with E-state index in [0.29, 0.717) is 24.5 Å². The average Bonchev–Trinajstić information content (AvgIpc) is 3.10. The third kappa shape index (κ3) is 4.11. The van der Waals surface area contributed by atoms with Crippen molar-refractivity contribution < 1.29 is 14.0 Å². The van der Waals surface area contributed by atoms with Crippen LogP contribution in [-0.2, 0) is 4.84 Å². The Balaban J connectivity index is 1.68. The summed E-state index contributed by atoms with van der Waals surface area (Å²) in [5.41, 5.74) is 1.75. The minimum Gasteiger partial charge on any atom is -0.390 e.